The maximum Gasteiger partial charge on any atom is 0.278 e. The number of morpholine rings is 1. The van der Waals surface area contributed by atoms with Crippen LogP contribution in [-0.4, -0.2) is 54.7 Å². The second kappa shape index (κ2) is 8.47. The Kier molecular flexibility index (Phi) is 6.61. The van der Waals surface area contributed by atoms with Gasteiger partial charge in [0.25, 0.3) is 5.88 Å². The van der Waals surface area contributed by atoms with Crippen molar-refractivity contribution in [3.63, 3.8) is 0 Å². The second-order valence-electron chi connectivity index (χ2n) is 5.77. The molecule has 130 valence electrons. The van der Waals surface area contributed by atoms with Crippen molar-refractivity contribution in [2.45, 2.75) is 38.3 Å². The monoisotopic (exact) mass is 346 g/mol. The minimum absolute atomic E-state index is 0. The lowest BCUT2D eigenvalue weighted by Gasteiger charge is -2.39. The van der Waals surface area contributed by atoms with Gasteiger partial charge in [0.2, 0.25) is 5.91 Å². The fourth-order valence-electron chi connectivity index (χ4n) is 3.07. The molecule has 1 saturated heterocycles. The first-order chi connectivity index (χ1) is 10.7. The highest BCUT2D eigenvalue weighted by atomic mass is 35.5. The van der Waals surface area contributed by atoms with E-state index in [4.69, 9.17) is 9.47 Å². The second-order valence-corrected chi connectivity index (χ2v) is 5.77. The number of halogens is 1. The molecule has 0 radical (unpaired) electrons. The summed E-state index contributed by atoms with van der Waals surface area (Å²) in [5, 5.41) is 13.6. The van der Waals surface area contributed by atoms with Crippen molar-refractivity contribution in [2.24, 2.45) is 5.92 Å². The van der Waals surface area contributed by atoms with Crippen molar-refractivity contribution in [2.75, 3.05) is 26.3 Å². The predicted molar refractivity (Wildman–Crippen MR) is 83.7 cm³/mol. The first-order valence-corrected chi connectivity index (χ1v) is 7.78. The lowest BCUT2D eigenvalue weighted by molar-refractivity contribution is -0.128. The fraction of sp³-hybridized carbons (Fsp3) is 0.786. The van der Waals surface area contributed by atoms with E-state index in [1.807, 2.05) is 0 Å². The van der Waals surface area contributed by atoms with Gasteiger partial charge >= 0.3 is 0 Å². The van der Waals surface area contributed by atoms with E-state index in [9.17, 15) is 4.79 Å². The zero-order chi connectivity index (χ0) is 15.4. The maximum atomic E-state index is 12.2. The highest BCUT2D eigenvalue weighted by Gasteiger charge is 2.35. The van der Waals surface area contributed by atoms with Crippen molar-refractivity contribution >= 4 is 18.3 Å². The van der Waals surface area contributed by atoms with Crippen molar-refractivity contribution in [3.8, 4) is 5.88 Å². The topological polar surface area (TPSA) is 98.5 Å². The Bertz CT molecular complexity index is 513. The summed E-state index contributed by atoms with van der Waals surface area (Å²) in [7, 11) is 0. The van der Waals surface area contributed by atoms with Crippen molar-refractivity contribution in [1.82, 2.24) is 20.9 Å². The first-order valence-electron chi connectivity index (χ1n) is 7.78. The number of amides is 1. The van der Waals surface area contributed by atoms with E-state index in [1.165, 1.54) is 0 Å². The van der Waals surface area contributed by atoms with Gasteiger partial charge in [-0.25, -0.2) is 4.63 Å². The van der Waals surface area contributed by atoms with Crippen LogP contribution in [0.4, 0.5) is 0 Å². The van der Waals surface area contributed by atoms with Gasteiger partial charge in [0, 0.05) is 18.5 Å². The van der Waals surface area contributed by atoms with Crippen LogP contribution in [0.2, 0.25) is 0 Å². The van der Waals surface area contributed by atoms with Crippen LogP contribution in [-0.2, 0) is 9.53 Å². The minimum atomic E-state index is 0. The van der Waals surface area contributed by atoms with Gasteiger partial charge in [0.05, 0.1) is 19.3 Å². The van der Waals surface area contributed by atoms with Gasteiger partial charge in [-0.05, 0) is 31.3 Å². The van der Waals surface area contributed by atoms with Gasteiger partial charge in [-0.15, -0.1) is 12.4 Å². The number of hydrogen-bond acceptors (Lipinski definition) is 7. The van der Waals surface area contributed by atoms with Crippen molar-refractivity contribution < 1.29 is 18.9 Å². The number of carbonyl (C=O) groups excluding carboxylic acids is 1. The van der Waals surface area contributed by atoms with Crippen LogP contribution >= 0.6 is 12.4 Å². The Labute approximate surface area is 141 Å². The molecule has 2 aliphatic rings. The van der Waals surface area contributed by atoms with Gasteiger partial charge in [-0.3, -0.25) is 4.79 Å². The molecular weight excluding hydrogens is 324 g/mol. The molecule has 3 atom stereocenters. The number of rotatable bonds is 5. The quantitative estimate of drug-likeness (QED) is 0.747. The van der Waals surface area contributed by atoms with Crippen molar-refractivity contribution in [1.29, 1.82) is 0 Å². The average molecular weight is 347 g/mol. The van der Waals surface area contributed by atoms with Crippen LogP contribution in [0.25, 0.3) is 0 Å². The summed E-state index contributed by atoms with van der Waals surface area (Å²) in [5.74, 6) is 0.508. The molecule has 1 aromatic heterocycles. The third-order valence-corrected chi connectivity index (χ3v) is 4.25. The number of carbonyl (C=O) groups is 1. The zero-order valence-corrected chi connectivity index (χ0v) is 13.9. The third kappa shape index (κ3) is 4.55. The number of aryl methyl sites for hydroxylation is 1. The normalized spacial score (nSPS) is 26.7. The van der Waals surface area contributed by atoms with Gasteiger partial charge in [-0.1, -0.05) is 5.16 Å². The summed E-state index contributed by atoms with van der Waals surface area (Å²) in [5.41, 5.74) is 0.605. The van der Waals surface area contributed by atoms with Crippen LogP contribution in [0, 0.1) is 12.8 Å². The van der Waals surface area contributed by atoms with Gasteiger partial charge in [0.15, 0.2) is 0 Å². The summed E-state index contributed by atoms with van der Waals surface area (Å²) in [4.78, 5) is 12.2. The molecule has 2 fully saturated rings. The first kappa shape index (κ1) is 18.0. The standard InChI is InChI=1S/C14H22N4O4.ClH/c1-9-14(18-22-17-9)21-7-5-16-13(19)10-2-3-12-11(8-10)15-4-6-20-12;/h10-12,15H,2-8H2,1H3,(H,16,19);1H/t10-,11+,12+;/m0./s1. The Morgan fingerprint density at radius 3 is 3.09 bits per heavy atom. The smallest absolute Gasteiger partial charge is 0.278 e. The van der Waals surface area contributed by atoms with Crippen molar-refractivity contribution in [3.05, 3.63) is 5.69 Å². The number of fused-ring (bicyclic) bond motifs is 1. The van der Waals surface area contributed by atoms with Crippen LogP contribution in [0.1, 0.15) is 25.0 Å². The number of nitrogens with zero attached hydrogens (tertiary/aromatic N) is 2. The SMILES string of the molecule is Cc1nonc1OCCNC(=O)[C@H]1CC[C@H]2OCCN[C@@H]2C1.Cl. The summed E-state index contributed by atoms with van der Waals surface area (Å²) in [6.07, 6.45) is 2.92. The third-order valence-electron chi connectivity index (χ3n) is 4.25. The molecule has 0 spiro atoms. The van der Waals surface area contributed by atoms with E-state index in [2.05, 4.69) is 25.6 Å². The van der Waals surface area contributed by atoms with E-state index in [1.54, 1.807) is 6.92 Å². The van der Waals surface area contributed by atoms with E-state index < -0.39 is 0 Å². The molecule has 2 N–H and O–H groups in total. The number of aromatic nitrogens is 2. The highest BCUT2D eigenvalue weighted by molar-refractivity contribution is 5.85. The minimum Gasteiger partial charge on any atom is -0.472 e. The molecule has 1 aliphatic heterocycles. The van der Waals surface area contributed by atoms with Crippen LogP contribution in [0.3, 0.4) is 0 Å². The van der Waals surface area contributed by atoms with Gasteiger partial charge < -0.3 is 20.1 Å². The van der Waals surface area contributed by atoms with Crippen LogP contribution in [0.5, 0.6) is 5.88 Å². The molecule has 3 rings (SSSR count). The molecule has 0 unspecified atom stereocenters. The molecule has 1 saturated carbocycles. The Hall–Kier alpha value is -1.38. The van der Waals surface area contributed by atoms with E-state index in [0.29, 0.717) is 30.8 Å². The largest absolute Gasteiger partial charge is 0.472 e. The van der Waals surface area contributed by atoms with Crippen LogP contribution < -0.4 is 15.4 Å². The van der Waals surface area contributed by atoms with Gasteiger partial charge in [-0.2, -0.15) is 0 Å². The Morgan fingerprint density at radius 2 is 2.30 bits per heavy atom. The molecular formula is C14H23ClN4O4. The predicted octanol–water partition coefficient (Wildman–Crippen LogP) is 0.452. The van der Waals surface area contributed by atoms with E-state index in [0.717, 1.165) is 32.4 Å². The number of nitrogens with one attached hydrogen (secondary N) is 2. The Balaban J connectivity index is 0.00000192. The van der Waals surface area contributed by atoms with E-state index >= 15 is 0 Å². The summed E-state index contributed by atoms with van der Waals surface area (Å²) < 4.78 is 15.6. The lowest BCUT2D eigenvalue weighted by atomic mass is 9.82. The zero-order valence-electron chi connectivity index (χ0n) is 13.1. The number of ether oxygens (including phenoxy) is 2. The maximum absolute atomic E-state index is 12.2. The number of hydrogen-bond donors (Lipinski definition) is 2. The average Bonchev–Trinajstić information content (AvgIpc) is 2.96. The molecule has 9 heteroatoms. The van der Waals surface area contributed by atoms with Gasteiger partial charge in [0.1, 0.15) is 12.3 Å². The summed E-state index contributed by atoms with van der Waals surface area (Å²) in [6, 6.07) is 0.304. The van der Waals surface area contributed by atoms with Crippen LogP contribution in [0.15, 0.2) is 4.63 Å². The molecule has 1 aliphatic carbocycles. The molecule has 8 nitrogen and oxygen atoms in total. The molecule has 0 bridgehead atoms. The molecule has 23 heavy (non-hydrogen) atoms. The lowest BCUT2D eigenvalue weighted by Crippen LogP contribution is -2.53. The molecule has 1 aromatic rings. The molecule has 1 amide bonds. The summed E-state index contributed by atoms with van der Waals surface area (Å²) >= 11 is 0. The highest BCUT2D eigenvalue weighted by Crippen LogP contribution is 2.28. The Morgan fingerprint density at radius 1 is 1.43 bits per heavy atom. The van der Waals surface area contributed by atoms with E-state index in [-0.39, 0.29) is 30.3 Å². The molecule has 2 heterocycles. The fourth-order valence-corrected chi connectivity index (χ4v) is 3.07. The summed E-state index contributed by atoms with van der Waals surface area (Å²) in [6.45, 7) is 4.18. The molecule has 0 aromatic carbocycles.